The molecule has 0 aliphatic heterocycles. The Morgan fingerprint density at radius 3 is 2.45 bits per heavy atom. The van der Waals surface area contributed by atoms with Gasteiger partial charge < -0.3 is 9.84 Å². The van der Waals surface area contributed by atoms with E-state index in [0.29, 0.717) is 17.0 Å². The molecule has 0 fully saturated rings. The SMILES string of the molecule is CCCCOc1ccc(-n2nnc(CO)c2C(F)(F)F)cc1. The Kier molecular flexibility index (Phi) is 5.02. The molecule has 0 spiro atoms. The van der Waals surface area contributed by atoms with Gasteiger partial charge in [0.2, 0.25) is 0 Å². The second kappa shape index (κ2) is 6.78. The first kappa shape index (κ1) is 16.3. The van der Waals surface area contributed by atoms with Gasteiger partial charge in [-0.05, 0) is 30.7 Å². The Balaban J connectivity index is 2.27. The summed E-state index contributed by atoms with van der Waals surface area (Å²) in [6.45, 7) is 1.77. The van der Waals surface area contributed by atoms with Crippen LogP contribution in [0.5, 0.6) is 5.75 Å². The summed E-state index contributed by atoms with van der Waals surface area (Å²) in [6, 6.07) is 6.08. The van der Waals surface area contributed by atoms with Crippen LogP contribution in [0.15, 0.2) is 24.3 Å². The van der Waals surface area contributed by atoms with E-state index in [1.807, 2.05) is 6.92 Å². The van der Waals surface area contributed by atoms with Crippen LogP contribution in [0.1, 0.15) is 31.2 Å². The molecule has 1 aromatic carbocycles. The minimum absolute atomic E-state index is 0.197. The fourth-order valence-electron chi connectivity index (χ4n) is 1.90. The molecule has 1 heterocycles. The molecule has 2 rings (SSSR count). The van der Waals surface area contributed by atoms with E-state index in [9.17, 15) is 13.2 Å². The monoisotopic (exact) mass is 315 g/mol. The van der Waals surface area contributed by atoms with Gasteiger partial charge in [-0.1, -0.05) is 18.6 Å². The van der Waals surface area contributed by atoms with E-state index in [0.717, 1.165) is 12.8 Å². The number of rotatable bonds is 6. The summed E-state index contributed by atoms with van der Waals surface area (Å²) in [4.78, 5) is 0. The van der Waals surface area contributed by atoms with Crippen LogP contribution in [0.4, 0.5) is 13.2 Å². The summed E-state index contributed by atoms with van der Waals surface area (Å²) in [5.41, 5.74) is -1.38. The zero-order valence-electron chi connectivity index (χ0n) is 12.0. The second-order valence-electron chi connectivity index (χ2n) is 4.65. The van der Waals surface area contributed by atoms with Crippen molar-refractivity contribution in [3.63, 3.8) is 0 Å². The molecule has 0 unspecified atom stereocenters. The van der Waals surface area contributed by atoms with E-state index in [2.05, 4.69) is 10.3 Å². The van der Waals surface area contributed by atoms with Crippen LogP contribution in [0.2, 0.25) is 0 Å². The van der Waals surface area contributed by atoms with Gasteiger partial charge in [0.25, 0.3) is 0 Å². The van der Waals surface area contributed by atoms with Gasteiger partial charge in [0.05, 0.1) is 18.9 Å². The molecule has 0 atom stereocenters. The summed E-state index contributed by atoms with van der Waals surface area (Å²) in [6.07, 6.45) is -2.75. The van der Waals surface area contributed by atoms with Crippen molar-refractivity contribution in [2.24, 2.45) is 0 Å². The lowest BCUT2D eigenvalue weighted by molar-refractivity contribution is -0.143. The van der Waals surface area contributed by atoms with Crippen molar-refractivity contribution in [3.05, 3.63) is 35.7 Å². The zero-order valence-corrected chi connectivity index (χ0v) is 12.0. The van der Waals surface area contributed by atoms with E-state index >= 15 is 0 Å². The number of hydrogen-bond acceptors (Lipinski definition) is 4. The van der Waals surface area contributed by atoms with Crippen LogP contribution in [-0.2, 0) is 12.8 Å². The van der Waals surface area contributed by atoms with Gasteiger partial charge in [0.15, 0.2) is 5.69 Å². The highest BCUT2D eigenvalue weighted by Crippen LogP contribution is 2.32. The number of benzene rings is 1. The van der Waals surface area contributed by atoms with Gasteiger partial charge in [0, 0.05) is 0 Å². The molecule has 120 valence electrons. The van der Waals surface area contributed by atoms with E-state index in [1.165, 1.54) is 12.1 Å². The number of aliphatic hydroxyl groups is 1. The van der Waals surface area contributed by atoms with Gasteiger partial charge in [-0.2, -0.15) is 13.2 Å². The van der Waals surface area contributed by atoms with Crippen LogP contribution in [0.25, 0.3) is 5.69 Å². The van der Waals surface area contributed by atoms with Gasteiger partial charge >= 0.3 is 6.18 Å². The van der Waals surface area contributed by atoms with Crippen LogP contribution >= 0.6 is 0 Å². The molecule has 1 aromatic heterocycles. The lowest BCUT2D eigenvalue weighted by atomic mass is 10.2. The summed E-state index contributed by atoms with van der Waals surface area (Å²) in [5, 5.41) is 15.8. The first-order chi connectivity index (χ1) is 10.5. The van der Waals surface area contributed by atoms with Gasteiger partial charge in [-0.15, -0.1) is 5.10 Å². The fourth-order valence-corrected chi connectivity index (χ4v) is 1.90. The Bertz CT molecular complexity index is 609. The third kappa shape index (κ3) is 3.56. The molecule has 0 radical (unpaired) electrons. The highest BCUT2D eigenvalue weighted by molar-refractivity contribution is 5.39. The molecule has 0 aliphatic rings. The first-order valence-corrected chi connectivity index (χ1v) is 6.83. The van der Waals surface area contributed by atoms with E-state index in [4.69, 9.17) is 9.84 Å². The molecule has 0 bridgehead atoms. The smallest absolute Gasteiger partial charge is 0.435 e. The molecule has 5 nitrogen and oxygen atoms in total. The minimum atomic E-state index is -4.65. The molecule has 1 N–H and O–H groups in total. The quantitative estimate of drug-likeness (QED) is 0.833. The van der Waals surface area contributed by atoms with Crippen molar-refractivity contribution in [3.8, 4) is 11.4 Å². The molecule has 0 amide bonds. The molecular weight excluding hydrogens is 299 g/mol. The van der Waals surface area contributed by atoms with Crippen molar-refractivity contribution in [1.29, 1.82) is 0 Å². The van der Waals surface area contributed by atoms with E-state index in [-0.39, 0.29) is 5.69 Å². The van der Waals surface area contributed by atoms with Crippen molar-refractivity contribution < 1.29 is 23.0 Å². The van der Waals surface area contributed by atoms with Crippen LogP contribution in [0, 0.1) is 0 Å². The maximum absolute atomic E-state index is 13.1. The molecule has 0 saturated heterocycles. The molecule has 2 aromatic rings. The number of alkyl halides is 3. The summed E-state index contributed by atoms with van der Waals surface area (Å²) >= 11 is 0. The molecule has 0 saturated carbocycles. The number of aliphatic hydroxyl groups excluding tert-OH is 1. The average molecular weight is 315 g/mol. The third-order valence-electron chi connectivity index (χ3n) is 3.01. The average Bonchev–Trinajstić information content (AvgIpc) is 2.92. The Morgan fingerprint density at radius 2 is 1.91 bits per heavy atom. The van der Waals surface area contributed by atoms with E-state index < -0.39 is 24.2 Å². The molecule has 0 aliphatic carbocycles. The third-order valence-corrected chi connectivity index (χ3v) is 3.01. The van der Waals surface area contributed by atoms with Crippen molar-refractivity contribution in [2.45, 2.75) is 32.5 Å². The minimum Gasteiger partial charge on any atom is -0.494 e. The van der Waals surface area contributed by atoms with Crippen LogP contribution in [0.3, 0.4) is 0 Å². The number of nitrogens with zero attached hydrogens (tertiary/aromatic N) is 3. The summed E-state index contributed by atoms with van der Waals surface area (Å²) in [5.74, 6) is 0.577. The fraction of sp³-hybridized carbons (Fsp3) is 0.429. The van der Waals surface area contributed by atoms with Gasteiger partial charge in [0.1, 0.15) is 11.4 Å². The normalized spacial score (nSPS) is 11.7. The lowest BCUT2D eigenvalue weighted by Gasteiger charge is -2.11. The van der Waals surface area contributed by atoms with Crippen LogP contribution in [-0.4, -0.2) is 26.7 Å². The predicted molar refractivity (Wildman–Crippen MR) is 72.7 cm³/mol. The predicted octanol–water partition coefficient (Wildman–Crippen LogP) is 2.96. The number of halogens is 3. The molecule has 8 heteroatoms. The number of unbranched alkanes of at least 4 members (excludes halogenated alkanes) is 1. The Hall–Kier alpha value is -2.09. The number of aromatic nitrogens is 3. The van der Waals surface area contributed by atoms with Crippen molar-refractivity contribution in [2.75, 3.05) is 6.61 Å². The Morgan fingerprint density at radius 1 is 1.23 bits per heavy atom. The second-order valence-corrected chi connectivity index (χ2v) is 4.65. The molecule has 22 heavy (non-hydrogen) atoms. The summed E-state index contributed by atoms with van der Waals surface area (Å²) in [7, 11) is 0. The van der Waals surface area contributed by atoms with E-state index in [1.54, 1.807) is 12.1 Å². The van der Waals surface area contributed by atoms with Gasteiger partial charge in [-0.3, -0.25) is 0 Å². The van der Waals surface area contributed by atoms with Gasteiger partial charge in [-0.25, -0.2) is 4.68 Å². The standard InChI is InChI=1S/C14H16F3N3O2/c1-2-3-8-22-11-6-4-10(5-7-11)20-13(14(15,16)17)12(9-21)18-19-20/h4-7,21H,2-3,8-9H2,1H3. The Labute approximate surface area is 125 Å². The zero-order chi connectivity index (χ0) is 16.2. The highest BCUT2D eigenvalue weighted by Gasteiger charge is 2.39. The van der Waals surface area contributed by atoms with Crippen molar-refractivity contribution >= 4 is 0 Å². The summed E-state index contributed by atoms with van der Waals surface area (Å²) < 4.78 is 45.3. The lowest BCUT2D eigenvalue weighted by Crippen LogP contribution is -2.15. The molecular formula is C14H16F3N3O2. The maximum atomic E-state index is 13.1. The number of ether oxygens (including phenoxy) is 1. The van der Waals surface area contributed by atoms with Crippen LogP contribution < -0.4 is 4.74 Å². The largest absolute Gasteiger partial charge is 0.494 e. The maximum Gasteiger partial charge on any atom is 0.435 e. The topological polar surface area (TPSA) is 60.2 Å². The highest BCUT2D eigenvalue weighted by atomic mass is 19.4. The number of hydrogen-bond donors (Lipinski definition) is 1. The van der Waals surface area contributed by atoms with Crippen molar-refractivity contribution in [1.82, 2.24) is 15.0 Å². The first-order valence-electron chi connectivity index (χ1n) is 6.83.